The molecule has 1 atom stereocenters. The summed E-state index contributed by atoms with van der Waals surface area (Å²) in [6, 6.07) is 8.55. The van der Waals surface area contributed by atoms with Gasteiger partial charge in [-0.3, -0.25) is 0 Å². The average molecular weight is 249 g/mol. The number of nitrogens with zero attached hydrogens (tertiary/aromatic N) is 1. The first-order valence-corrected chi connectivity index (χ1v) is 7.24. The van der Waals surface area contributed by atoms with Gasteiger partial charge in [-0.25, -0.2) is 4.98 Å². The van der Waals surface area contributed by atoms with Gasteiger partial charge in [0, 0.05) is 6.04 Å². The van der Waals surface area contributed by atoms with Crippen LogP contribution in [0.25, 0.3) is 11.0 Å². The van der Waals surface area contributed by atoms with Crippen LogP contribution in [0.15, 0.2) is 24.3 Å². The normalized spacial score (nSPS) is 12.8. The van der Waals surface area contributed by atoms with Crippen molar-refractivity contribution in [1.82, 2.24) is 9.97 Å². The second-order valence-corrected chi connectivity index (χ2v) is 5.53. The number of imidazole rings is 1. The molecular formula is C13H19N3S. The van der Waals surface area contributed by atoms with E-state index in [1.165, 1.54) is 11.5 Å². The molecule has 0 radical (unpaired) electrons. The second-order valence-electron chi connectivity index (χ2n) is 4.13. The van der Waals surface area contributed by atoms with E-state index >= 15 is 0 Å². The summed E-state index contributed by atoms with van der Waals surface area (Å²) in [5.74, 6) is 3.27. The fraction of sp³-hybridized carbons (Fsp3) is 0.462. The Labute approximate surface area is 106 Å². The van der Waals surface area contributed by atoms with Crippen LogP contribution in [0, 0.1) is 0 Å². The Balaban J connectivity index is 1.93. The molecule has 0 amide bonds. The lowest BCUT2D eigenvalue weighted by Crippen LogP contribution is -2.16. The topological polar surface area (TPSA) is 40.7 Å². The van der Waals surface area contributed by atoms with E-state index in [0.29, 0.717) is 6.04 Å². The summed E-state index contributed by atoms with van der Waals surface area (Å²) in [4.78, 5) is 7.80. The second kappa shape index (κ2) is 5.96. The van der Waals surface area contributed by atoms with Crippen molar-refractivity contribution in [3.05, 3.63) is 24.3 Å². The highest BCUT2D eigenvalue weighted by Gasteiger charge is 2.05. The number of H-pyrrole nitrogens is 1. The maximum absolute atomic E-state index is 4.51. The van der Waals surface area contributed by atoms with E-state index in [1.54, 1.807) is 0 Å². The van der Waals surface area contributed by atoms with Gasteiger partial charge in [-0.05, 0) is 37.0 Å². The van der Waals surface area contributed by atoms with E-state index in [0.717, 1.165) is 23.4 Å². The number of para-hydroxylation sites is 2. The standard InChI is InChI=1S/C13H19N3S/c1-3-17-9-8-10(2)14-13-15-11-6-4-5-7-12(11)16-13/h4-7,10H,3,8-9H2,1-2H3,(H2,14,15,16). The molecule has 2 N–H and O–H groups in total. The first-order valence-electron chi connectivity index (χ1n) is 6.08. The molecule has 0 saturated carbocycles. The smallest absolute Gasteiger partial charge is 0.201 e. The summed E-state index contributed by atoms with van der Waals surface area (Å²) in [6.07, 6.45) is 1.16. The van der Waals surface area contributed by atoms with Crippen LogP contribution in [0.3, 0.4) is 0 Å². The summed E-state index contributed by atoms with van der Waals surface area (Å²) in [7, 11) is 0. The van der Waals surface area contributed by atoms with Gasteiger partial charge in [-0.15, -0.1) is 0 Å². The van der Waals surface area contributed by atoms with E-state index in [-0.39, 0.29) is 0 Å². The highest BCUT2D eigenvalue weighted by atomic mass is 32.2. The lowest BCUT2D eigenvalue weighted by Gasteiger charge is -2.11. The van der Waals surface area contributed by atoms with Gasteiger partial charge in [0.15, 0.2) is 0 Å². The molecule has 2 rings (SSSR count). The van der Waals surface area contributed by atoms with Crippen LogP contribution in [0.2, 0.25) is 0 Å². The predicted octanol–water partition coefficient (Wildman–Crippen LogP) is 3.51. The van der Waals surface area contributed by atoms with Crippen LogP contribution in [0.1, 0.15) is 20.3 Å². The molecule has 3 nitrogen and oxygen atoms in total. The molecule has 92 valence electrons. The minimum atomic E-state index is 0.453. The van der Waals surface area contributed by atoms with Gasteiger partial charge in [0.25, 0.3) is 0 Å². The molecule has 0 spiro atoms. The third kappa shape index (κ3) is 3.40. The van der Waals surface area contributed by atoms with Crippen molar-refractivity contribution in [2.45, 2.75) is 26.3 Å². The Bertz CT molecular complexity index is 433. The van der Waals surface area contributed by atoms with E-state index in [2.05, 4.69) is 29.1 Å². The van der Waals surface area contributed by atoms with Gasteiger partial charge in [0.1, 0.15) is 0 Å². The Morgan fingerprint density at radius 3 is 3.00 bits per heavy atom. The summed E-state index contributed by atoms with van der Waals surface area (Å²) in [6.45, 7) is 4.39. The number of hydrogen-bond donors (Lipinski definition) is 2. The molecule has 1 aromatic carbocycles. The number of benzene rings is 1. The fourth-order valence-corrected chi connectivity index (χ4v) is 2.54. The fourth-order valence-electron chi connectivity index (χ4n) is 1.73. The Kier molecular flexibility index (Phi) is 4.31. The van der Waals surface area contributed by atoms with Crippen LogP contribution in [0.4, 0.5) is 5.95 Å². The van der Waals surface area contributed by atoms with E-state index in [9.17, 15) is 0 Å². The SMILES string of the molecule is CCSCCC(C)Nc1nc2ccccc2[nH]1. The lowest BCUT2D eigenvalue weighted by molar-refractivity contribution is 0.763. The molecule has 0 saturated heterocycles. The number of fused-ring (bicyclic) bond motifs is 1. The lowest BCUT2D eigenvalue weighted by atomic mass is 10.3. The average Bonchev–Trinajstić information content (AvgIpc) is 2.71. The van der Waals surface area contributed by atoms with Crippen LogP contribution >= 0.6 is 11.8 Å². The molecule has 0 aliphatic rings. The van der Waals surface area contributed by atoms with Gasteiger partial charge in [-0.2, -0.15) is 11.8 Å². The number of aromatic nitrogens is 2. The summed E-state index contributed by atoms with van der Waals surface area (Å²) in [5.41, 5.74) is 2.11. The van der Waals surface area contributed by atoms with Crippen molar-refractivity contribution < 1.29 is 0 Å². The van der Waals surface area contributed by atoms with Crippen LogP contribution in [-0.4, -0.2) is 27.5 Å². The molecule has 0 fully saturated rings. The first-order chi connectivity index (χ1) is 8.29. The van der Waals surface area contributed by atoms with Crippen molar-refractivity contribution >= 4 is 28.7 Å². The maximum atomic E-state index is 4.51. The minimum absolute atomic E-state index is 0.453. The van der Waals surface area contributed by atoms with Crippen molar-refractivity contribution in [3.63, 3.8) is 0 Å². The first kappa shape index (κ1) is 12.3. The minimum Gasteiger partial charge on any atom is -0.353 e. The molecule has 1 unspecified atom stereocenters. The molecule has 0 aliphatic heterocycles. The van der Waals surface area contributed by atoms with Crippen LogP contribution < -0.4 is 5.32 Å². The van der Waals surface area contributed by atoms with Crippen LogP contribution in [0.5, 0.6) is 0 Å². The Morgan fingerprint density at radius 2 is 2.24 bits per heavy atom. The van der Waals surface area contributed by atoms with Crippen molar-refractivity contribution in [2.24, 2.45) is 0 Å². The monoisotopic (exact) mass is 249 g/mol. The summed E-state index contributed by atoms with van der Waals surface area (Å²) >= 11 is 1.98. The molecule has 0 bridgehead atoms. The summed E-state index contributed by atoms with van der Waals surface area (Å²) in [5, 5.41) is 3.41. The third-order valence-electron chi connectivity index (χ3n) is 2.67. The number of hydrogen-bond acceptors (Lipinski definition) is 3. The highest BCUT2D eigenvalue weighted by molar-refractivity contribution is 7.99. The zero-order valence-corrected chi connectivity index (χ0v) is 11.2. The Hall–Kier alpha value is -1.16. The van der Waals surface area contributed by atoms with Gasteiger partial charge >= 0.3 is 0 Å². The number of anilines is 1. The predicted molar refractivity (Wildman–Crippen MR) is 76.8 cm³/mol. The van der Waals surface area contributed by atoms with Gasteiger partial charge in [0.05, 0.1) is 11.0 Å². The van der Waals surface area contributed by atoms with Crippen molar-refractivity contribution in [2.75, 3.05) is 16.8 Å². The van der Waals surface area contributed by atoms with Gasteiger partial charge in [-0.1, -0.05) is 19.1 Å². The van der Waals surface area contributed by atoms with Crippen molar-refractivity contribution in [3.8, 4) is 0 Å². The number of rotatable bonds is 6. The van der Waals surface area contributed by atoms with E-state index < -0.39 is 0 Å². The van der Waals surface area contributed by atoms with E-state index in [1.807, 2.05) is 36.0 Å². The summed E-state index contributed by atoms with van der Waals surface area (Å²) < 4.78 is 0. The zero-order valence-electron chi connectivity index (χ0n) is 10.4. The van der Waals surface area contributed by atoms with Gasteiger partial charge in [0.2, 0.25) is 5.95 Å². The molecule has 1 heterocycles. The van der Waals surface area contributed by atoms with Crippen molar-refractivity contribution in [1.29, 1.82) is 0 Å². The molecular weight excluding hydrogens is 230 g/mol. The highest BCUT2D eigenvalue weighted by Crippen LogP contribution is 2.15. The largest absolute Gasteiger partial charge is 0.353 e. The molecule has 1 aromatic heterocycles. The van der Waals surface area contributed by atoms with E-state index in [4.69, 9.17) is 0 Å². The number of nitrogens with one attached hydrogen (secondary N) is 2. The quantitative estimate of drug-likeness (QED) is 0.770. The third-order valence-corrected chi connectivity index (χ3v) is 3.60. The van der Waals surface area contributed by atoms with Crippen LogP contribution in [-0.2, 0) is 0 Å². The molecule has 4 heteroatoms. The Morgan fingerprint density at radius 1 is 1.41 bits per heavy atom. The van der Waals surface area contributed by atoms with Gasteiger partial charge < -0.3 is 10.3 Å². The zero-order chi connectivity index (χ0) is 12.1. The maximum Gasteiger partial charge on any atom is 0.201 e. The molecule has 0 aliphatic carbocycles. The number of thioether (sulfide) groups is 1. The molecule has 2 aromatic rings. The molecule has 17 heavy (non-hydrogen) atoms. The number of aromatic amines is 1.